The standard InChI is InChI=1S/C8H16N2O4S/c1-5(8(11)12)15(13,14)10-7-4-2-3-6(7)9/h5-7,10H,2-4,9H2,1H3,(H,11,12). The minimum Gasteiger partial charge on any atom is -0.480 e. The third-order valence-corrected chi connectivity index (χ3v) is 4.46. The molecular weight excluding hydrogens is 220 g/mol. The largest absolute Gasteiger partial charge is 0.480 e. The highest BCUT2D eigenvalue weighted by atomic mass is 32.2. The van der Waals surface area contributed by atoms with Gasteiger partial charge >= 0.3 is 5.97 Å². The number of aliphatic carboxylic acids is 1. The number of sulfonamides is 1. The van der Waals surface area contributed by atoms with Crippen LogP contribution in [0.1, 0.15) is 26.2 Å². The lowest BCUT2D eigenvalue weighted by Crippen LogP contribution is -2.48. The van der Waals surface area contributed by atoms with Crippen molar-refractivity contribution in [3.63, 3.8) is 0 Å². The first-order valence-corrected chi connectivity index (χ1v) is 6.39. The highest BCUT2D eigenvalue weighted by Gasteiger charge is 2.33. The Bertz CT molecular complexity index is 341. The predicted octanol–water partition coefficient (Wildman–Crippen LogP) is -0.741. The van der Waals surface area contributed by atoms with Crippen molar-refractivity contribution in [2.45, 2.75) is 43.5 Å². The van der Waals surface area contributed by atoms with Crippen LogP contribution >= 0.6 is 0 Å². The van der Waals surface area contributed by atoms with E-state index in [4.69, 9.17) is 10.8 Å². The van der Waals surface area contributed by atoms with Gasteiger partial charge in [-0.05, 0) is 19.8 Å². The minimum atomic E-state index is -3.81. The van der Waals surface area contributed by atoms with Gasteiger partial charge in [0.05, 0.1) is 0 Å². The molecule has 0 aromatic rings. The number of carboxylic acid groups (broad SMARTS) is 1. The van der Waals surface area contributed by atoms with E-state index in [9.17, 15) is 13.2 Å². The van der Waals surface area contributed by atoms with Gasteiger partial charge in [-0.15, -0.1) is 0 Å². The van der Waals surface area contributed by atoms with Crippen LogP contribution in [-0.2, 0) is 14.8 Å². The van der Waals surface area contributed by atoms with Crippen LogP contribution in [-0.4, -0.2) is 36.8 Å². The van der Waals surface area contributed by atoms with Gasteiger partial charge in [0.15, 0.2) is 5.25 Å². The van der Waals surface area contributed by atoms with Crippen molar-refractivity contribution in [2.24, 2.45) is 5.73 Å². The van der Waals surface area contributed by atoms with Gasteiger partial charge in [-0.1, -0.05) is 6.42 Å². The number of carboxylic acids is 1. The van der Waals surface area contributed by atoms with Crippen LogP contribution in [0.3, 0.4) is 0 Å². The second-order valence-corrected chi connectivity index (χ2v) is 5.88. The fourth-order valence-corrected chi connectivity index (χ4v) is 2.77. The fraction of sp³-hybridized carbons (Fsp3) is 0.875. The first-order chi connectivity index (χ1) is 6.84. The topological polar surface area (TPSA) is 109 Å². The quantitative estimate of drug-likeness (QED) is 0.595. The van der Waals surface area contributed by atoms with Crippen LogP contribution in [0.15, 0.2) is 0 Å². The molecule has 1 aliphatic rings. The lowest BCUT2D eigenvalue weighted by molar-refractivity contribution is -0.136. The van der Waals surface area contributed by atoms with Gasteiger partial charge in [0.2, 0.25) is 10.0 Å². The van der Waals surface area contributed by atoms with Gasteiger partial charge in [0.1, 0.15) is 0 Å². The number of nitrogens with one attached hydrogen (secondary N) is 1. The Morgan fingerprint density at radius 2 is 2.13 bits per heavy atom. The minimum absolute atomic E-state index is 0.208. The van der Waals surface area contributed by atoms with Crippen LogP contribution < -0.4 is 10.5 Å². The molecule has 0 bridgehead atoms. The zero-order chi connectivity index (χ0) is 11.6. The van der Waals surface area contributed by atoms with E-state index in [-0.39, 0.29) is 12.1 Å². The average Bonchev–Trinajstić information content (AvgIpc) is 2.50. The molecule has 1 aliphatic carbocycles. The van der Waals surface area contributed by atoms with Crippen molar-refractivity contribution in [3.05, 3.63) is 0 Å². The molecule has 0 radical (unpaired) electrons. The van der Waals surface area contributed by atoms with Crippen molar-refractivity contribution < 1.29 is 18.3 Å². The maximum absolute atomic E-state index is 11.5. The van der Waals surface area contributed by atoms with Gasteiger partial charge in [-0.3, -0.25) is 4.79 Å². The molecule has 1 fully saturated rings. The lowest BCUT2D eigenvalue weighted by atomic mass is 10.2. The van der Waals surface area contributed by atoms with Gasteiger partial charge in [-0.25, -0.2) is 13.1 Å². The number of carbonyl (C=O) groups is 1. The summed E-state index contributed by atoms with van der Waals surface area (Å²) in [7, 11) is -3.81. The van der Waals surface area contributed by atoms with Crippen LogP contribution in [0.5, 0.6) is 0 Å². The van der Waals surface area contributed by atoms with Crippen LogP contribution in [0.4, 0.5) is 0 Å². The average molecular weight is 236 g/mol. The molecule has 1 rings (SSSR count). The molecular formula is C8H16N2O4S. The second-order valence-electron chi connectivity index (χ2n) is 3.84. The highest BCUT2D eigenvalue weighted by Crippen LogP contribution is 2.18. The maximum atomic E-state index is 11.5. The van der Waals surface area contributed by atoms with Crippen LogP contribution in [0.25, 0.3) is 0 Å². The van der Waals surface area contributed by atoms with Gasteiger partial charge in [0, 0.05) is 12.1 Å². The Labute approximate surface area is 88.9 Å². The zero-order valence-electron chi connectivity index (χ0n) is 8.51. The summed E-state index contributed by atoms with van der Waals surface area (Å²) in [6.07, 6.45) is 2.32. The molecule has 0 spiro atoms. The molecule has 0 amide bonds. The van der Waals surface area contributed by atoms with E-state index in [1.165, 1.54) is 0 Å². The van der Waals surface area contributed by atoms with Gasteiger partial charge in [0.25, 0.3) is 0 Å². The third kappa shape index (κ3) is 2.90. The smallest absolute Gasteiger partial charge is 0.323 e. The van der Waals surface area contributed by atoms with E-state index < -0.39 is 21.2 Å². The zero-order valence-corrected chi connectivity index (χ0v) is 9.33. The molecule has 4 N–H and O–H groups in total. The first-order valence-electron chi connectivity index (χ1n) is 4.84. The number of hydrogen-bond donors (Lipinski definition) is 3. The molecule has 7 heteroatoms. The Balaban J connectivity index is 2.68. The predicted molar refractivity (Wildman–Crippen MR) is 54.8 cm³/mol. The van der Waals surface area contributed by atoms with Crippen LogP contribution in [0, 0.1) is 0 Å². The summed E-state index contributed by atoms with van der Waals surface area (Å²) in [6, 6.07) is -0.530. The Morgan fingerprint density at radius 1 is 1.53 bits per heavy atom. The van der Waals surface area contributed by atoms with Crippen LogP contribution in [0.2, 0.25) is 0 Å². The number of rotatable bonds is 4. The van der Waals surface area contributed by atoms with Crippen molar-refractivity contribution in [1.29, 1.82) is 0 Å². The van der Waals surface area contributed by atoms with E-state index in [1.54, 1.807) is 0 Å². The van der Waals surface area contributed by atoms with E-state index >= 15 is 0 Å². The molecule has 0 aromatic heterocycles. The molecule has 0 aliphatic heterocycles. The SMILES string of the molecule is CC(C(=O)O)S(=O)(=O)NC1CCCC1N. The van der Waals surface area contributed by atoms with Crippen molar-refractivity contribution >= 4 is 16.0 Å². The van der Waals surface area contributed by atoms with Crippen molar-refractivity contribution in [1.82, 2.24) is 4.72 Å². The molecule has 0 heterocycles. The summed E-state index contributed by atoms with van der Waals surface area (Å²) in [4.78, 5) is 10.6. The lowest BCUT2D eigenvalue weighted by Gasteiger charge is -2.18. The molecule has 3 unspecified atom stereocenters. The normalized spacial score (nSPS) is 28.9. The van der Waals surface area contributed by atoms with Gasteiger partial charge < -0.3 is 10.8 Å². The molecule has 0 aromatic carbocycles. The molecule has 88 valence electrons. The Kier molecular flexibility index (Phi) is 3.69. The Morgan fingerprint density at radius 3 is 2.53 bits per heavy atom. The third-order valence-electron chi connectivity index (χ3n) is 2.70. The van der Waals surface area contributed by atoms with Gasteiger partial charge in [-0.2, -0.15) is 0 Å². The fourth-order valence-electron chi connectivity index (χ4n) is 1.58. The summed E-state index contributed by atoms with van der Waals surface area (Å²) in [5.41, 5.74) is 5.69. The van der Waals surface area contributed by atoms with Crippen molar-refractivity contribution in [3.8, 4) is 0 Å². The summed E-state index contributed by atoms with van der Waals surface area (Å²) in [5, 5.41) is 7.17. The van der Waals surface area contributed by atoms with E-state index in [0.717, 1.165) is 19.8 Å². The van der Waals surface area contributed by atoms with Crippen molar-refractivity contribution in [2.75, 3.05) is 0 Å². The molecule has 6 nitrogen and oxygen atoms in total. The molecule has 0 saturated heterocycles. The van der Waals surface area contributed by atoms with E-state index in [1.807, 2.05) is 0 Å². The molecule has 1 saturated carbocycles. The van der Waals surface area contributed by atoms with E-state index in [0.29, 0.717) is 6.42 Å². The van der Waals surface area contributed by atoms with E-state index in [2.05, 4.69) is 4.72 Å². The first kappa shape index (κ1) is 12.4. The molecule has 3 atom stereocenters. The number of hydrogen-bond acceptors (Lipinski definition) is 4. The monoisotopic (exact) mass is 236 g/mol. The summed E-state index contributed by atoms with van der Waals surface area (Å²) in [5.74, 6) is -1.35. The summed E-state index contributed by atoms with van der Waals surface area (Å²) < 4.78 is 25.4. The second kappa shape index (κ2) is 4.46. The highest BCUT2D eigenvalue weighted by molar-refractivity contribution is 7.90. The number of nitrogens with two attached hydrogens (primary N) is 1. The Hall–Kier alpha value is -0.660. The maximum Gasteiger partial charge on any atom is 0.323 e. The summed E-state index contributed by atoms with van der Waals surface area (Å²) >= 11 is 0. The summed E-state index contributed by atoms with van der Waals surface area (Å²) in [6.45, 7) is 1.14. The molecule has 15 heavy (non-hydrogen) atoms.